The molecule has 6 aromatic heterocycles. The van der Waals surface area contributed by atoms with Gasteiger partial charge in [0, 0.05) is 87.1 Å². The molecule has 0 atom stereocenters. The molecule has 0 saturated carbocycles. The van der Waals surface area contributed by atoms with Crippen LogP contribution in [0.25, 0.3) is 175 Å². The summed E-state index contributed by atoms with van der Waals surface area (Å²) in [6.07, 6.45) is 0. The molecule has 0 unspecified atom stereocenters. The van der Waals surface area contributed by atoms with Gasteiger partial charge >= 0.3 is 0 Å². The lowest BCUT2D eigenvalue weighted by atomic mass is 9.93. The third kappa shape index (κ3) is 5.10. The van der Waals surface area contributed by atoms with Crippen molar-refractivity contribution in [2.45, 2.75) is 0 Å². The second kappa shape index (κ2) is 14.7. The fourth-order valence-electron chi connectivity index (χ4n) is 14.6. The first kappa shape index (κ1) is 40.9. The molecule has 4 heteroatoms. The molecule has 19 aromatic rings. The monoisotopic (exact) mass is 986 g/mol. The molecule has 0 bridgehead atoms. The van der Waals surface area contributed by atoms with E-state index in [9.17, 15) is 0 Å². The number of para-hydroxylation sites is 6. The minimum atomic E-state index is 1.16. The highest BCUT2D eigenvalue weighted by molar-refractivity contribution is 6.35. The van der Waals surface area contributed by atoms with Gasteiger partial charge in [0.05, 0.1) is 55.2 Å². The van der Waals surface area contributed by atoms with Crippen LogP contribution in [0.15, 0.2) is 255 Å². The molecule has 0 spiro atoms. The number of hydrogen-bond donors (Lipinski definition) is 0. The lowest BCUT2D eigenvalue weighted by Crippen LogP contribution is -1.93. The van der Waals surface area contributed by atoms with Crippen molar-refractivity contribution in [2.75, 3.05) is 0 Å². The largest absolute Gasteiger partial charge is 0.309 e. The Morgan fingerprint density at radius 2 is 0.667 bits per heavy atom. The molecule has 0 amide bonds. The van der Waals surface area contributed by atoms with Gasteiger partial charge in [-0.2, -0.15) is 0 Å². The molecule has 13 aromatic carbocycles. The van der Waals surface area contributed by atoms with Crippen LogP contribution in [0.2, 0.25) is 0 Å². The summed E-state index contributed by atoms with van der Waals surface area (Å²) >= 11 is 0. The topological polar surface area (TPSA) is 18.7 Å². The Kier molecular flexibility index (Phi) is 7.71. The van der Waals surface area contributed by atoms with E-state index in [2.05, 4.69) is 273 Å². The quantitative estimate of drug-likeness (QED) is 0.167. The second-order valence-corrected chi connectivity index (χ2v) is 21.5. The van der Waals surface area contributed by atoms with Gasteiger partial charge in [-0.15, -0.1) is 0 Å². The number of nitrogens with zero attached hydrogens (tertiary/aromatic N) is 4. The van der Waals surface area contributed by atoms with E-state index in [1.807, 2.05) is 0 Å². The Balaban J connectivity index is 0.930. The first-order valence-corrected chi connectivity index (χ1v) is 27.1. The predicted octanol–water partition coefficient (Wildman–Crippen LogP) is 19.8. The number of rotatable bonds is 4. The van der Waals surface area contributed by atoms with E-state index in [0.29, 0.717) is 0 Å². The third-order valence-corrected chi connectivity index (χ3v) is 17.7. The summed E-state index contributed by atoms with van der Waals surface area (Å²) in [7, 11) is 0. The third-order valence-electron chi connectivity index (χ3n) is 17.7. The number of benzene rings is 13. The highest BCUT2D eigenvalue weighted by Crippen LogP contribution is 2.51. The fourth-order valence-corrected chi connectivity index (χ4v) is 14.6. The van der Waals surface area contributed by atoms with Crippen LogP contribution < -0.4 is 0 Å². The number of hydrogen-bond acceptors (Lipinski definition) is 0. The van der Waals surface area contributed by atoms with Crippen molar-refractivity contribution in [3.63, 3.8) is 0 Å². The van der Waals surface area contributed by atoms with Gasteiger partial charge in [0.25, 0.3) is 0 Å². The van der Waals surface area contributed by atoms with Gasteiger partial charge in [-0.3, -0.25) is 0 Å². The van der Waals surface area contributed by atoms with Gasteiger partial charge in [0.2, 0.25) is 0 Å². The predicted molar refractivity (Wildman–Crippen MR) is 330 cm³/mol. The molecule has 0 aliphatic carbocycles. The van der Waals surface area contributed by atoms with Gasteiger partial charge < -0.3 is 17.9 Å². The van der Waals surface area contributed by atoms with Crippen molar-refractivity contribution in [1.82, 2.24) is 17.9 Å². The minimum Gasteiger partial charge on any atom is -0.309 e. The molecule has 78 heavy (non-hydrogen) atoms. The van der Waals surface area contributed by atoms with Crippen LogP contribution in [0.3, 0.4) is 0 Å². The van der Waals surface area contributed by atoms with Gasteiger partial charge in [-0.1, -0.05) is 170 Å². The maximum Gasteiger partial charge on any atom is 0.0627 e. The molecule has 0 aliphatic rings. The molecule has 6 heterocycles. The van der Waals surface area contributed by atoms with E-state index in [0.717, 1.165) is 5.69 Å². The Morgan fingerprint density at radius 3 is 1.35 bits per heavy atom. The van der Waals surface area contributed by atoms with E-state index >= 15 is 0 Å². The summed E-state index contributed by atoms with van der Waals surface area (Å²) in [5.74, 6) is 0. The summed E-state index contributed by atoms with van der Waals surface area (Å²) in [4.78, 5) is 0. The van der Waals surface area contributed by atoms with Crippen molar-refractivity contribution in [3.8, 4) is 33.6 Å². The first-order valence-electron chi connectivity index (χ1n) is 27.1. The standard InChI is InChI=1S/C74H42N4/c1-3-19-47(20-4-1)75-63-31-13-11-25-52(63)57-37-45(33-35-65(57)75)51-27-15-29-55-61-39-44-18-8-10-24-50(44)70-62-42-67-59(41-68(62)78(71(51)55)74(61)70)54-28-16-30-56-60-38-43-17-7-9-23-49(43)69(73(60)77(67)72(54)56)46-34-36-66-58(40-46)53-26-12-14-32-64(53)76(66)48-21-5-2-6-22-48/h1-42H. The molecule has 19 rings (SSSR count). The van der Waals surface area contributed by atoms with Crippen LogP contribution in [-0.2, 0) is 0 Å². The molecular formula is C74H42N4. The molecule has 358 valence electrons. The molecule has 0 aliphatic heterocycles. The van der Waals surface area contributed by atoms with Crippen molar-refractivity contribution >= 4 is 141 Å². The van der Waals surface area contributed by atoms with Crippen LogP contribution in [0.5, 0.6) is 0 Å². The van der Waals surface area contributed by atoms with E-state index in [-0.39, 0.29) is 0 Å². The van der Waals surface area contributed by atoms with E-state index in [1.165, 1.54) is 169 Å². The first-order chi connectivity index (χ1) is 38.7. The maximum atomic E-state index is 2.63. The van der Waals surface area contributed by atoms with E-state index in [1.54, 1.807) is 0 Å². The van der Waals surface area contributed by atoms with Crippen LogP contribution in [0, 0.1) is 0 Å². The Labute approximate surface area is 445 Å². The second-order valence-electron chi connectivity index (χ2n) is 21.5. The lowest BCUT2D eigenvalue weighted by molar-refractivity contribution is 1.18. The molecular weight excluding hydrogens is 945 g/mol. The zero-order chi connectivity index (χ0) is 50.5. The average Bonchev–Trinajstić information content (AvgIpc) is 4.50. The SMILES string of the molecule is c1ccc(-n2c3ccccc3c3cc(-c4c5ccccc5cc5c6cccc7c8cc9c(cc8n(c45)c76)c4c5ccccc5cc5c6cccc(-c7ccc8c(c7)c7ccccc7n8-c7ccccc7)c6n9c54)ccc32)cc1. The Morgan fingerprint density at radius 1 is 0.218 bits per heavy atom. The smallest absolute Gasteiger partial charge is 0.0627 e. The minimum absolute atomic E-state index is 1.16. The van der Waals surface area contributed by atoms with Gasteiger partial charge in [0.1, 0.15) is 0 Å². The average molecular weight is 987 g/mol. The number of aromatic nitrogens is 4. The number of fused-ring (bicyclic) bond motifs is 21. The highest BCUT2D eigenvalue weighted by atomic mass is 15.0. The summed E-state index contributed by atoms with van der Waals surface area (Å²) in [5, 5.41) is 20.2. The fraction of sp³-hybridized carbons (Fsp3) is 0. The van der Waals surface area contributed by atoms with Crippen LogP contribution in [-0.4, -0.2) is 17.9 Å². The zero-order valence-electron chi connectivity index (χ0n) is 42.0. The molecule has 0 saturated heterocycles. The lowest BCUT2D eigenvalue weighted by Gasteiger charge is -2.13. The van der Waals surface area contributed by atoms with Crippen LogP contribution >= 0.6 is 0 Å². The highest BCUT2D eigenvalue weighted by Gasteiger charge is 2.27. The van der Waals surface area contributed by atoms with Crippen LogP contribution in [0.1, 0.15) is 0 Å². The maximum absolute atomic E-state index is 2.63. The van der Waals surface area contributed by atoms with Crippen molar-refractivity contribution < 1.29 is 0 Å². The molecule has 0 fully saturated rings. The molecule has 4 nitrogen and oxygen atoms in total. The summed E-state index contributed by atoms with van der Waals surface area (Å²) < 4.78 is 10.1. The summed E-state index contributed by atoms with van der Waals surface area (Å²) in [6.45, 7) is 0. The van der Waals surface area contributed by atoms with Crippen molar-refractivity contribution in [3.05, 3.63) is 255 Å². The Hall–Kier alpha value is -10.4. The van der Waals surface area contributed by atoms with Crippen molar-refractivity contribution in [1.29, 1.82) is 0 Å². The normalized spacial score (nSPS) is 12.6. The van der Waals surface area contributed by atoms with Gasteiger partial charge in [0.15, 0.2) is 0 Å². The van der Waals surface area contributed by atoms with Crippen LogP contribution in [0.4, 0.5) is 0 Å². The van der Waals surface area contributed by atoms with Gasteiger partial charge in [-0.25, -0.2) is 0 Å². The van der Waals surface area contributed by atoms with Gasteiger partial charge in [-0.05, 0) is 118 Å². The summed E-state index contributed by atoms with van der Waals surface area (Å²) in [6, 6.07) is 95.5. The molecule has 0 radical (unpaired) electrons. The zero-order valence-corrected chi connectivity index (χ0v) is 42.0. The summed E-state index contributed by atoms with van der Waals surface area (Å²) in [5.41, 5.74) is 19.6. The van der Waals surface area contributed by atoms with Crippen molar-refractivity contribution in [2.24, 2.45) is 0 Å². The van der Waals surface area contributed by atoms with E-state index < -0.39 is 0 Å². The molecule has 0 N–H and O–H groups in total. The Bertz CT molecular complexity index is 5790. The van der Waals surface area contributed by atoms with E-state index in [4.69, 9.17) is 0 Å².